The highest BCUT2D eigenvalue weighted by Crippen LogP contribution is 2.25. The Morgan fingerprint density at radius 1 is 0.968 bits per heavy atom. The average molecular weight is 441 g/mol. The van der Waals surface area contributed by atoms with Crippen LogP contribution < -0.4 is 10.6 Å². The van der Waals surface area contributed by atoms with Crippen LogP contribution in [0.15, 0.2) is 24.3 Å². The first kappa shape index (κ1) is 24.4. The van der Waals surface area contributed by atoms with Crippen LogP contribution in [0.1, 0.15) is 58.4 Å². The Labute approximate surface area is 189 Å². The zero-order valence-electron chi connectivity index (χ0n) is 19.1. The normalized spacial score (nSPS) is 11.2. The van der Waals surface area contributed by atoms with Crippen molar-refractivity contribution in [3.8, 4) is 11.8 Å². The van der Waals surface area contributed by atoms with Crippen molar-refractivity contribution >= 4 is 35.2 Å². The molecule has 6 nitrogen and oxygen atoms in total. The molecule has 0 spiro atoms. The van der Waals surface area contributed by atoms with E-state index in [9.17, 15) is 9.59 Å². The van der Waals surface area contributed by atoms with Crippen LogP contribution in [0.4, 0.5) is 11.8 Å². The number of carbonyl (C=O) groups is 2. The van der Waals surface area contributed by atoms with Crippen LogP contribution in [-0.4, -0.2) is 21.8 Å². The monoisotopic (exact) mass is 440 g/mol. The Morgan fingerprint density at radius 3 is 2.06 bits per heavy atom. The number of nitrogens with zero attached hydrogens (tertiary/aromatic N) is 2. The van der Waals surface area contributed by atoms with Crippen molar-refractivity contribution < 1.29 is 9.59 Å². The minimum atomic E-state index is -0.471. The Morgan fingerprint density at radius 2 is 1.52 bits per heavy atom. The van der Waals surface area contributed by atoms with E-state index in [1.54, 1.807) is 34.6 Å². The van der Waals surface area contributed by atoms with Crippen LogP contribution in [0.3, 0.4) is 0 Å². The molecule has 1 heterocycles. The van der Waals surface area contributed by atoms with Gasteiger partial charge in [-0.2, -0.15) is 4.98 Å². The van der Waals surface area contributed by atoms with Crippen LogP contribution in [-0.2, 0) is 15.0 Å². The minimum absolute atomic E-state index is 0.137. The second-order valence-corrected chi connectivity index (χ2v) is 8.96. The number of benzene rings is 1. The number of aromatic nitrogens is 2. The number of carbonyl (C=O) groups excluding carboxylic acids is 2. The van der Waals surface area contributed by atoms with Gasteiger partial charge in [0.15, 0.2) is 5.82 Å². The maximum Gasteiger partial charge on any atom is 0.231 e. The Bertz CT molecular complexity index is 1030. The number of hydrogen-bond acceptors (Lipinski definition) is 4. The summed E-state index contributed by atoms with van der Waals surface area (Å²) in [5.41, 5.74) is 1.61. The van der Waals surface area contributed by atoms with E-state index in [4.69, 9.17) is 11.6 Å². The number of rotatable bonds is 5. The maximum absolute atomic E-state index is 12.4. The summed E-state index contributed by atoms with van der Waals surface area (Å²) in [7, 11) is 0. The standard InChI is InChI=1S/C24H29ClN4O2/c1-14(2)21(30)27-20-19(16(5)26-23(28-20)29-22(31)15(3)4)12-13-24(6,7)17-8-10-18(25)11-9-17/h8-11,14-15H,1-7H3,(H2,26,27,28,29,30,31). The van der Waals surface area contributed by atoms with Crippen LogP contribution >= 0.6 is 11.6 Å². The summed E-state index contributed by atoms with van der Waals surface area (Å²) in [6.07, 6.45) is 0. The van der Waals surface area contributed by atoms with E-state index in [1.807, 2.05) is 38.1 Å². The second kappa shape index (κ2) is 9.93. The fourth-order valence-corrected chi connectivity index (χ4v) is 2.67. The van der Waals surface area contributed by atoms with Gasteiger partial charge in [0, 0.05) is 16.9 Å². The summed E-state index contributed by atoms with van der Waals surface area (Å²) in [5, 5.41) is 6.16. The molecule has 2 N–H and O–H groups in total. The molecule has 0 saturated heterocycles. The smallest absolute Gasteiger partial charge is 0.231 e. The van der Waals surface area contributed by atoms with Gasteiger partial charge in [0.1, 0.15) is 0 Å². The molecular formula is C24H29ClN4O2. The minimum Gasteiger partial charge on any atom is -0.309 e. The first-order valence-corrected chi connectivity index (χ1v) is 10.6. The van der Waals surface area contributed by atoms with E-state index < -0.39 is 5.41 Å². The zero-order valence-corrected chi connectivity index (χ0v) is 19.8. The van der Waals surface area contributed by atoms with E-state index in [0.29, 0.717) is 16.3 Å². The lowest BCUT2D eigenvalue weighted by molar-refractivity contribution is -0.119. The van der Waals surface area contributed by atoms with Gasteiger partial charge in [-0.05, 0) is 38.5 Å². The second-order valence-electron chi connectivity index (χ2n) is 8.53. The molecular weight excluding hydrogens is 412 g/mol. The number of hydrogen-bond donors (Lipinski definition) is 2. The van der Waals surface area contributed by atoms with E-state index in [0.717, 1.165) is 5.56 Å². The summed E-state index contributed by atoms with van der Waals surface area (Å²) in [4.78, 5) is 33.2. The van der Waals surface area contributed by atoms with Gasteiger partial charge in [0.05, 0.1) is 16.7 Å². The van der Waals surface area contributed by atoms with Gasteiger partial charge in [0.2, 0.25) is 17.8 Å². The fourth-order valence-electron chi connectivity index (χ4n) is 2.54. The third-order valence-corrected chi connectivity index (χ3v) is 4.93. The fraction of sp³-hybridized carbons (Fsp3) is 0.417. The largest absolute Gasteiger partial charge is 0.309 e. The van der Waals surface area contributed by atoms with Crippen LogP contribution in [0.25, 0.3) is 0 Å². The quantitative estimate of drug-likeness (QED) is 0.644. The van der Waals surface area contributed by atoms with Crippen molar-refractivity contribution in [1.29, 1.82) is 0 Å². The summed E-state index contributed by atoms with van der Waals surface area (Å²) in [5.74, 6) is 5.96. The molecule has 2 amide bonds. The van der Waals surface area contributed by atoms with Gasteiger partial charge in [0.25, 0.3) is 0 Å². The van der Waals surface area contributed by atoms with Crippen molar-refractivity contribution in [3.63, 3.8) is 0 Å². The summed E-state index contributed by atoms with van der Waals surface area (Å²) >= 11 is 6.00. The maximum atomic E-state index is 12.4. The third kappa shape index (κ3) is 6.53. The van der Waals surface area contributed by atoms with E-state index >= 15 is 0 Å². The van der Waals surface area contributed by atoms with Gasteiger partial charge in [-0.1, -0.05) is 63.3 Å². The van der Waals surface area contributed by atoms with Crippen molar-refractivity contribution in [2.45, 2.75) is 53.9 Å². The number of nitrogens with one attached hydrogen (secondary N) is 2. The average Bonchev–Trinajstić information content (AvgIpc) is 2.67. The molecule has 0 aliphatic heterocycles. The molecule has 0 unspecified atom stereocenters. The highest BCUT2D eigenvalue weighted by Gasteiger charge is 2.20. The molecule has 2 rings (SSSR count). The molecule has 31 heavy (non-hydrogen) atoms. The molecule has 0 fully saturated rings. The van der Waals surface area contributed by atoms with Crippen molar-refractivity contribution in [2.75, 3.05) is 10.6 Å². The highest BCUT2D eigenvalue weighted by atomic mass is 35.5. The summed E-state index contributed by atoms with van der Waals surface area (Å²) in [6, 6.07) is 7.53. The molecule has 1 aromatic carbocycles. The molecule has 0 atom stereocenters. The van der Waals surface area contributed by atoms with Crippen molar-refractivity contribution in [2.24, 2.45) is 11.8 Å². The van der Waals surface area contributed by atoms with E-state index in [-0.39, 0.29) is 35.4 Å². The molecule has 0 saturated carbocycles. The number of amides is 2. The zero-order chi connectivity index (χ0) is 23.3. The van der Waals surface area contributed by atoms with E-state index in [1.165, 1.54) is 0 Å². The SMILES string of the molecule is Cc1nc(NC(=O)C(C)C)nc(NC(=O)C(C)C)c1C#CC(C)(C)c1ccc(Cl)cc1. The van der Waals surface area contributed by atoms with Crippen molar-refractivity contribution in [3.05, 3.63) is 46.1 Å². The predicted molar refractivity (Wildman–Crippen MR) is 125 cm³/mol. The Balaban J connectivity index is 2.50. The molecule has 7 heteroatoms. The number of halogens is 1. The lowest BCUT2D eigenvalue weighted by Gasteiger charge is -2.18. The predicted octanol–water partition coefficient (Wildman–Crippen LogP) is 4.96. The van der Waals surface area contributed by atoms with Crippen LogP contribution in [0.2, 0.25) is 5.02 Å². The molecule has 0 bridgehead atoms. The Hall–Kier alpha value is -2.91. The number of aryl methyl sites for hydroxylation is 1. The molecule has 0 aliphatic carbocycles. The summed E-state index contributed by atoms with van der Waals surface area (Å²) in [6.45, 7) is 12.9. The van der Waals surface area contributed by atoms with Gasteiger partial charge >= 0.3 is 0 Å². The third-order valence-electron chi connectivity index (χ3n) is 4.68. The first-order valence-electron chi connectivity index (χ1n) is 10.2. The van der Waals surface area contributed by atoms with Crippen LogP contribution in [0.5, 0.6) is 0 Å². The molecule has 2 aromatic rings. The first-order chi connectivity index (χ1) is 14.4. The highest BCUT2D eigenvalue weighted by molar-refractivity contribution is 6.30. The number of anilines is 2. The van der Waals surface area contributed by atoms with Gasteiger partial charge in [-0.3, -0.25) is 14.9 Å². The summed E-state index contributed by atoms with van der Waals surface area (Å²) < 4.78 is 0. The molecule has 0 radical (unpaired) electrons. The topological polar surface area (TPSA) is 84.0 Å². The Kier molecular flexibility index (Phi) is 7.80. The van der Waals surface area contributed by atoms with Gasteiger partial charge in [-0.25, -0.2) is 4.98 Å². The van der Waals surface area contributed by atoms with Gasteiger partial charge in [-0.15, -0.1) is 0 Å². The molecule has 164 valence electrons. The van der Waals surface area contributed by atoms with Crippen molar-refractivity contribution in [1.82, 2.24) is 9.97 Å². The lowest BCUT2D eigenvalue weighted by atomic mass is 9.85. The molecule has 1 aromatic heterocycles. The molecule has 0 aliphatic rings. The van der Waals surface area contributed by atoms with E-state index in [2.05, 4.69) is 32.4 Å². The van der Waals surface area contributed by atoms with Crippen LogP contribution in [0, 0.1) is 30.6 Å². The lowest BCUT2D eigenvalue weighted by Crippen LogP contribution is -2.23. The van der Waals surface area contributed by atoms with Gasteiger partial charge < -0.3 is 5.32 Å².